The van der Waals surface area contributed by atoms with Gasteiger partial charge in [-0.2, -0.15) is 0 Å². The average Bonchev–Trinajstić information content (AvgIpc) is 3.44. The number of aliphatic hydroxyl groups is 6. The molecule has 250 valence electrons. The van der Waals surface area contributed by atoms with Crippen LogP contribution in [0, 0.1) is 0 Å². The molecule has 2 fully saturated rings. The topological polar surface area (TPSA) is 240 Å². The van der Waals surface area contributed by atoms with Crippen molar-refractivity contribution < 1.29 is 78.5 Å². The fourth-order valence-electron chi connectivity index (χ4n) is 4.41. The highest BCUT2D eigenvalue weighted by molar-refractivity contribution is 5.92. The van der Waals surface area contributed by atoms with Gasteiger partial charge in [-0.15, -0.1) is 0 Å². The molecule has 2 aromatic carbocycles. The molecule has 16 heteroatoms. The molecule has 0 amide bonds. The highest BCUT2D eigenvalue weighted by Gasteiger charge is 2.43. The molecule has 0 radical (unpaired) electrons. The number of phenols is 1. The first kappa shape index (κ1) is 34.6. The Labute approximate surface area is 261 Å². The molecule has 46 heavy (non-hydrogen) atoms. The molecule has 0 aliphatic carbocycles. The van der Waals surface area contributed by atoms with E-state index in [0.717, 1.165) is 6.08 Å². The van der Waals surface area contributed by atoms with Crippen LogP contribution < -0.4 is 14.2 Å². The maximum atomic E-state index is 13.1. The van der Waals surface area contributed by atoms with Crippen LogP contribution >= 0.6 is 0 Å². The Bertz CT molecular complexity index is 1440. The molecule has 7 N–H and O–H groups in total. The number of hydrogen-bond acceptors (Lipinski definition) is 16. The number of carbonyl (C=O) groups excluding carboxylic acids is 2. The van der Waals surface area contributed by atoms with Crippen LogP contribution in [0.3, 0.4) is 0 Å². The second kappa shape index (κ2) is 15.4. The summed E-state index contributed by atoms with van der Waals surface area (Å²) < 4.78 is 36.4. The van der Waals surface area contributed by atoms with E-state index in [1.54, 1.807) is 0 Å². The second-order valence-electron chi connectivity index (χ2n) is 10.1. The van der Waals surface area contributed by atoms with Crippen molar-refractivity contribution in [2.24, 2.45) is 0 Å². The van der Waals surface area contributed by atoms with Gasteiger partial charge in [0.15, 0.2) is 35.6 Å². The number of ether oxygens (including phenoxy) is 7. The van der Waals surface area contributed by atoms with Gasteiger partial charge in [-0.05, 0) is 47.5 Å². The van der Waals surface area contributed by atoms with Crippen LogP contribution in [-0.2, 0) is 28.5 Å². The molecule has 8 atom stereocenters. The quantitative estimate of drug-likeness (QED) is 0.0811. The number of methoxy groups -OCH3 is 2. The molecule has 0 saturated carbocycles. The van der Waals surface area contributed by atoms with Gasteiger partial charge in [0.2, 0.25) is 5.76 Å². The maximum absolute atomic E-state index is 13.1. The van der Waals surface area contributed by atoms with Gasteiger partial charge < -0.3 is 68.9 Å². The van der Waals surface area contributed by atoms with Crippen molar-refractivity contribution in [1.29, 1.82) is 0 Å². The summed E-state index contributed by atoms with van der Waals surface area (Å²) in [5, 5.41) is 68.3. The van der Waals surface area contributed by atoms with Crippen molar-refractivity contribution in [1.82, 2.24) is 0 Å². The van der Waals surface area contributed by atoms with Crippen LogP contribution in [-0.4, -0.2) is 124 Å². The number of aromatic hydroxyl groups is 1. The molecule has 2 aliphatic heterocycles. The molecule has 0 spiro atoms. The van der Waals surface area contributed by atoms with Crippen LogP contribution in [0.1, 0.15) is 11.1 Å². The van der Waals surface area contributed by atoms with E-state index < -0.39 is 80.1 Å². The lowest BCUT2D eigenvalue weighted by molar-refractivity contribution is -0.155. The maximum Gasteiger partial charge on any atom is 0.374 e. The Morgan fingerprint density at radius 1 is 0.739 bits per heavy atom. The van der Waals surface area contributed by atoms with Crippen molar-refractivity contribution in [3.05, 3.63) is 59.4 Å². The second-order valence-corrected chi connectivity index (χ2v) is 10.1. The predicted octanol–water partition coefficient (Wildman–Crippen LogP) is -1.19. The van der Waals surface area contributed by atoms with Gasteiger partial charge >= 0.3 is 11.9 Å². The Balaban J connectivity index is 1.48. The van der Waals surface area contributed by atoms with Gasteiger partial charge in [-0.3, -0.25) is 0 Å². The predicted molar refractivity (Wildman–Crippen MR) is 153 cm³/mol. The van der Waals surface area contributed by atoms with E-state index >= 15 is 0 Å². The number of phenolic OH excluding ortho intramolecular Hbond substituents is 1. The SMILES string of the molecule is COc1ccc(C=C(Oc2ccc(C=CC(=O)OCC3OC(O)C(O)C3O)cc2OC)C(=O)OCC2OC(O)C(O)C2O)cc1O. The minimum absolute atomic E-state index is 0.0376. The molecule has 0 aromatic heterocycles. The summed E-state index contributed by atoms with van der Waals surface area (Å²) in [6.45, 7) is -0.967. The highest BCUT2D eigenvalue weighted by atomic mass is 16.7. The Kier molecular flexibility index (Phi) is 11.5. The molecule has 4 rings (SSSR count). The molecule has 2 saturated heterocycles. The average molecular weight is 651 g/mol. The number of benzene rings is 2. The molecular formula is C30H34O16. The Morgan fingerprint density at radius 2 is 1.30 bits per heavy atom. The zero-order valence-corrected chi connectivity index (χ0v) is 24.5. The van der Waals surface area contributed by atoms with Gasteiger partial charge in [0.05, 0.1) is 14.2 Å². The first-order valence-corrected chi connectivity index (χ1v) is 13.8. The van der Waals surface area contributed by atoms with Crippen LogP contribution in [0.2, 0.25) is 0 Å². The van der Waals surface area contributed by atoms with Crippen molar-refractivity contribution in [3.8, 4) is 23.0 Å². The summed E-state index contributed by atoms with van der Waals surface area (Å²) in [5.41, 5.74) is 0.756. The van der Waals surface area contributed by atoms with E-state index in [-0.39, 0.29) is 23.0 Å². The van der Waals surface area contributed by atoms with E-state index in [1.807, 2.05) is 0 Å². The van der Waals surface area contributed by atoms with Gasteiger partial charge in [0.25, 0.3) is 0 Å². The fourth-order valence-corrected chi connectivity index (χ4v) is 4.41. The molecule has 2 aromatic rings. The lowest BCUT2D eigenvalue weighted by Crippen LogP contribution is -2.35. The molecule has 16 nitrogen and oxygen atoms in total. The number of rotatable bonds is 12. The van der Waals surface area contributed by atoms with Gasteiger partial charge in [-0.25, -0.2) is 9.59 Å². The van der Waals surface area contributed by atoms with E-state index in [9.17, 15) is 45.3 Å². The number of esters is 2. The summed E-state index contributed by atoms with van der Waals surface area (Å²) in [6.07, 6.45) is -7.94. The molecule has 2 heterocycles. The minimum atomic E-state index is -1.66. The van der Waals surface area contributed by atoms with E-state index in [2.05, 4.69) is 0 Å². The minimum Gasteiger partial charge on any atom is -0.504 e. The molecular weight excluding hydrogens is 616 g/mol. The summed E-state index contributed by atoms with van der Waals surface area (Å²) in [5.74, 6) is -2.11. The van der Waals surface area contributed by atoms with Crippen LogP contribution in [0.4, 0.5) is 0 Å². The summed E-state index contributed by atoms with van der Waals surface area (Å²) in [4.78, 5) is 25.3. The summed E-state index contributed by atoms with van der Waals surface area (Å²) in [6, 6.07) is 8.71. The Morgan fingerprint density at radius 3 is 1.85 bits per heavy atom. The van der Waals surface area contributed by atoms with E-state index in [1.165, 1.54) is 62.8 Å². The van der Waals surface area contributed by atoms with Crippen molar-refractivity contribution in [3.63, 3.8) is 0 Å². The van der Waals surface area contributed by atoms with Crippen molar-refractivity contribution in [2.45, 2.75) is 49.2 Å². The van der Waals surface area contributed by atoms with E-state index in [4.69, 9.17) is 33.2 Å². The first-order valence-electron chi connectivity index (χ1n) is 13.8. The van der Waals surface area contributed by atoms with Gasteiger partial charge in [0.1, 0.15) is 49.8 Å². The zero-order chi connectivity index (χ0) is 33.5. The lowest BCUT2D eigenvalue weighted by Gasteiger charge is -2.17. The molecule has 0 bridgehead atoms. The third-order valence-electron chi connectivity index (χ3n) is 6.96. The van der Waals surface area contributed by atoms with E-state index in [0.29, 0.717) is 11.1 Å². The third kappa shape index (κ3) is 8.31. The number of carbonyl (C=O) groups is 2. The van der Waals surface area contributed by atoms with Crippen molar-refractivity contribution >= 4 is 24.1 Å². The third-order valence-corrected chi connectivity index (χ3v) is 6.96. The standard InChI is InChI=1S/C30H34O16/c1-40-17-6-4-15(9-16(17)31)11-20(28(37)43-13-22-25(34)27(36)30(39)46-22)44-18-7-3-14(10-19(18)41-2)5-8-23(32)42-12-21-24(33)26(35)29(38)45-21/h3-11,21-22,24-27,29-31,33-36,38-39H,12-13H2,1-2H3. The highest BCUT2D eigenvalue weighted by Crippen LogP contribution is 2.32. The first-order chi connectivity index (χ1) is 21.9. The van der Waals surface area contributed by atoms with Crippen LogP contribution in [0.15, 0.2) is 48.2 Å². The Hall–Kier alpha value is -4.26. The smallest absolute Gasteiger partial charge is 0.374 e. The monoisotopic (exact) mass is 650 g/mol. The largest absolute Gasteiger partial charge is 0.504 e. The number of aliphatic hydroxyl groups excluding tert-OH is 6. The van der Waals surface area contributed by atoms with Crippen LogP contribution in [0.25, 0.3) is 12.2 Å². The molecule has 8 unspecified atom stereocenters. The summed E-state index contributed by atoms with van der Waals surface area (Å²) >= 11 is 0. The fraction of sp³-hybridized carbons (Fsp3) is 0.400. The lowest BCUT2D eigenvalue weighted by atomic mass is 10.1. The van der Waals surface area contributed by atoms with Crippen molar-refractivity contribution in [2.75, 3.05) is 27.4 Å². The van der Waals surface area contributed by atoms with Gasteiger partial charge in [-0.1, -0.05) is 12.1 Å². The normalized spacial score (nSPS) is 27.9. The number of hydrogen-bond donors (Lipinski definition) is 7. The summed E-state index contributed by atoms with van der Waals surface area (Å²) in [7, 11) is 2.70. The zero-order valence-electron chi connectivity index (χ0n) is 24.5. The van der Waals surface area contributed by atoms with Crippen LogP contribution in [0.5, 0.6) is 23.0 Å². The molecule has 2 aliphatic rings. The van der Waals surface area contributed by atoms with Gasteiger partial charge in [0, 0.05) is 6.08 Å².